The van der Waals surface area contributed by atoms with Gasteiger partial charge in [0.05, 0.1) is 32.5 Å². The van der Waals surface area contributed by atoms with E-state index in [1.165, 1.54) is 0 Å². The molecule has 1 aromatic rings. The van der Waals surface area contributed by atoms with E-state index in [4.69, 9.17) is 18.6 Å². The minimum atomic E-state index is -2.15. The van der Waals surface area contributed by atoms with Crippen LogP contribution in [0.2, 0.25) is 16.6 Å². The highest BCUT2D eigenvalue weighted by Gasteiger charge is 2.48. The zero-order chi connectivity index (χ0) is 25.7. The molecule has 3 atom stereocenters. The zero-order valence-corrected chi connectivity index (χ0v) is 23.5. The van der Waals surface area contributed by atoms with Crippen molar-refractivity contribution in [2.24, 2.45) is 5.92 Å². The monoisotopic (exact) mass is 492 g/mol. The van der Waals surface area contributed by atoms with Gasteiger partial charge in [-0.15, -0.1) is 13.2 Å². The lowest BCUT2D eigenvalue weighted by atomic mass is 9.92. The molecule has 0 aromatic heterocycles. The van der Waals surface area contributed by atoms with E-state index in [1.54, 1.807) is 13.2 Å². The van der Waals surface area contributed by atoms with Crippen molar-refractivity contribution in [2.75, 3.05) is 20.5 Å². The van der Waals surface area contributed by atoms with Crippen molar-refractivity contribution in [3.63, 3.8) is 0 Å². The summed E-state index contributed by atoms with van der Waals surface area (Å²) in [5.41, 5.74) is 2.39. The smallest absolute Gasteiger partial charge is 0.200 e. The lowest BCUT2D eigenvalue weighted by Gasteiger charge is -2.46. The van der Waals surface area contributed by atoms with E-state index in [0.29, 0.717) is 42.7 Å². The third-order valence-electron chi connectivity index (χ3n) is 6.75. The van der Waals surface area contributed by atoms with Crippen LogP contribution < -0.4 is 4.74 Å². The average Bonchev–Trinajstić information content (AvgIpc) is 2.79. The van der Waals surface area contributed by atoms with Crippen LogP contribution in [0.25, 0.3) is 0 Å². The van der Waals surface area contributed by atoms with Gasteiger partial charge in [-0.05, 0) is 47.2 Å². The van der Waals surface area contributed by atoms with Crippen molar-refractivity contribution in [3.8, 4) is 5.75 Å². The van der Waals surface area contributed by atoms with Crippen LogP contribution in [0.1, 0.15) is 59.9 Å². The fraction of sp³-hybridized carbons (Fsp3) is 0.643. The largest absolute Gasteiger partial charge is 0.497 e. The number of aliphatic hydroxyl groups excluding tert-OH is 1. The SMILES string of the molecule is C=CC[C@H](O)[C@H](COCOCc1ccc(OC)cc1)[C@@H](CC=C)O[Si](C(C)C)(C(C)C)C(C)C. The highest BCUT2D eigenvalue weighted by atomic mass is 28.4. The van der Waals surface area contributed by atoms with E-state index in [9.17, 15) is 5.11 Å². The van der Waals surface area contributed by atoms with E-state index < -0.39 is 14.4 Å². The molecule has 0 aliphatic rings. The molecule has 0 saturated heterocycles. The third kappa shape index (κ3) is 8.65. The lowest BCUT2D eigenvalue weighted by Crippen LogP contribution is -2.53. The predicted octanol–water partition coefficient (Wildman–Crippen LogP) is 6.88. The van der Waals surface area contributed by atoms with Crippen molar-refractivity contribution in [1.82, 2.24) is 0 Å². The summed E-state index contributed by atoms with van der Waals surface area (Å²) in [6, 6.07) is 7.76. The van der Waals surface area contributed by atoms with Gasteiger partial charge in [-0.2, -0.15) is 0 Å². The van der Waals surface area contributed by atoms with Gasteiger partial charge < -0.3 is 23.7 Å². The normalized spacial score (nSPS) is 14.9. The van der Waals surface area contributed by atoms with Gasteiger partial charge in [0.2, 0.25) is 8.32 Å². The number of hydrogen-bond donors (Lipinski definition) is 1. The fourth-order valence-corrected chi connectivity index (χ4v) is 10.7. The molecule has 0 bridgehead atoms. The Kier molecular flexibility index (Phi) is 14.0. The van der Waals surface area contributed by atoms with Crippen LogP contribution in [-0.2, 0) is 20.5 Å². The Hall–Kier alpha value is -1.44. The second kappa shape index (κ2) is 15.5. The molecule has 5 nitrogen and oxygen atoms in total. The molecule has 0 spiro atoms. The standard InChI is InChI=1S/C28H48O5Si/c1-10-12-27(29)26(19-32-20-31-18-24-14-16-25(30-9)17-15-24)28(13-11-2)33-34(21(3)4,22(5)6)23(7)8/h10-11,14-17,21-23,26-29H,1-2,12-13,18-20H2,3-9H3/t26-,27-,28+/m0/s1. The molecule has 0 heterocycles. The first-order chi connectivity index (χ1) is 16.1. The molecular formula is C28H48O5Si. The quantitative estimate of drug-likeness (QED) is 0.105. The molecule has 1 N–H and O–H groups in total. The van der Waals surface area contributed by atoms with Gasteiger partial charge in [0.25, 0.3) is 0 Å². The summed E-state index contributed by atoms with van der Waals surface area (Å²) in [7, 11) is -0.499. The van der Waals surface area contributed by atoms with Gasteiger partial charge in [0, 0.05) is 5.92 Å². The first kappa shape index (κ1) is 30.6. The van der Waals surface area contributed by atoms with E-state index in [1.807, 2.05) is 30.3 Å². The minimum absolute atomic E-state index is 0.144. The van der Waals surface area contributed by atoms with Gasteiger partial charge in [0.1, 0.15) is 12.5 Å². The number of benzene rings is 1. The molecule has 1 rings (SSSR count). The average molecular weight is 493 g/mol. The Bertz CT molecular complexity index is 679. The zero-order valence-electron chi connectivity index (χ0n) is 22.5. The van der Waals surface area contributed by atoms with Crippen molar-refractivity contribution in [3.05, 3.63) is 55.1 Å². The van der Waals surface area contributed by atoms with Gasteiger partial charge in [-0.3, -0.25) is 0 Å². The van der Waals surface area contributed by atoms with Gasteiger partial charge in [-0.25, -0.2) is 0 Å². The van der Waals surface area contributed by atoms with Crippen molar-refractivity contribution in [1.29, 1.82) is 0 Å². The molecule has 1 aromatic carbocycles. The summed E-state index contributed by atoms with van der Waals surface area (Å²) in [5.74, 6) is 0.611. The first-order valence-corrected chi connectivity index (χ1v) is 14.6. The topological polar surface area (TPSA) is 57.2 Å². The third-order valence-corrected chi connectivity index (χ3v) is 12.9. The Balaban J connectivity index is 2.91. The van der Waals surface area contributed by atoms with Gasteiger partial charge in [-0.1, -0.05) is 65.8 Å². The van der Waals surface area contributed by atoms with Crippen LogP contribution in [0.5, 0.6) is 5.75 Å². The summed E-state index contributed by atoms with van der Waals surface area (Å²) in [4.78, 5) is 0. The molecule has 6 heteroatoms. The Morgan fingerprint density at radius 3 is 1.91 bits per heavy atom. The van der Waals surface area contributed by atoms with Crippen LogP contribution in [0, 0.1) is 5.92 Å². The molecule has 0 saturated carbocycles. The summed E-state index contributed by atoms with van der Waals surface area (Å²) in [6.07, 6.45) is 4.00. The van der Waals surface area contributed by atoms with Crippen LogP contribution in [-0.4, -0.2) is 46.1 Å². The second-order valence-corrected chi connectivity index (χ2v) is 15.3. The maximum Gasteiger partial charge on any atom is 0.200 e. The lowest BCUT2D eigenvalue weighted by molar-refractivity contribution is -0.101. The molecular weight excluding hydrogens is 444 g/mol. The molecule has 0 aliphatic heterocycles. The molecule has 0 fully saturated rings. The summed E-state index contributed by atoms with van der Waals surface area (Å²) < 4.78 is 23.9. The summed E-state index contributed by atoms with van der Waals surface area (Å²) in [6.45, 7) is 22.4. The summed E-state index contributed by atoms with van der Waals surface area (Å²) >= 11 is 0. The van der Waals surface area contributed by atoms with Crippen molar-refractivity contribution >= 4 is 8.32 Å². The first-order valence-electron chi connectivity index (χ1n) is 12.5. The number of hydrogen-bond acceptors (Lipinski definition) is 5. The van der Waals surface area contributed by atoms with E-state index in [-0.39, 0.29) is 18.8 Å². The molecule has 0 unspecified atom stereocenters. The van der Waals surface area contributed by atoms with Crippen molar-refractivity contribution < 1.29 is 23.7 Å². The van der Waals surface area contributed by atoms with Crippen LogP contribution >= 0.6 is 0 Å². The number of methoxy groups -OCH3 is 1. The highest BCUT2D eigenvalue weighted by Crippen LogP contribution is 2.44. The highest BCUT2D eigenvalue weighted by molar-refractivity contribution is 6.77. The van der Waals surface area contributed by atoms with Crippen LogP contribution in [0.4, 0.5) is 0 Å². The van der Waals surface area contributed by atoms with Crippen LogP contribution in [0.3, 0.4) is 0 Å². The van der Waals surface area contributed by atoms with Crippen LogP contribution in [0.15, 0.2) is 49.6 Å². The van der Waals surface area contributed by atoms with Gasteiger partial charge in [0.15, 0.2) is 0 Å². The number of ether oxygens (including phenoxy) is 3. The maximum atomic E-state index is 11.0. The molecule has 34 heavy (non-hydrogen) atoms. The van der Waals surface area contributed by atoms with E-state index in [0.717, 1.165) is 11.3 Å². The van der Waals surface area contributed by atoms with Crippen molar-refractivity contribution in [2.45, 2.75) is 89.8 Å². The maximum absolute atomic E-state index is 11.0. The minimum Gasteiger partial charge on any atom is -0.497 e. The Labute approximate surface area is 209 Å². The van der Waals surface area contributed by atoms with E-state index >= 15 is 0 Å². The molecule has 0 aliphatic carbocycles. The van der Waals surface area contributed by atoms with Gasteiger partial charge >= 0.3 is 0 Å². The summed E-state index contributed by atoms with van der Waals surface area (Å²) in [5, 5.41) is 11.0. The fourth-order valence-electron chi connectivity index (χ4n) is 5.08. The number of rotatable bonds is 18. The predicted molar refractivity (Wildman–Crippen MR) is 144 cm³/mol. The van der Waals surface area contributed by atoms with E-state index in [2.05, 4.69) is 54.7 Å². The molecule has 194 valence electrons. The molecule has 0 radical (unpaired) electrons. The Morgan fingerprint density at radius 2 is 1.44 bits per heavy atom. The number of aliphatic hydroxyl groups is 1. The second-order valence-electron chi connectivity index (χ2n) is 9.94. The molecule has 0 amide bonds. The Morgan fingerprint density at radius 1 is 0.882 bits per heavy atom.